The highest BCUT2D eigenvalue weighted by molar-refractivity contribution is 5.16. The maximum absolute atomic E-state index is 9.89. The minimum absolute atomic E-state index is 0.00933. The highest BCUT2D eigenvalue weighted by Gasteiger charge is 2.09. The maximum atomic E-state index is 9.89. The lowest BCUT2D eigenvalue weighted by Gasteiger charge is -2.17. The summed E-state index contributed by atoms with van der Waals surface area (Å²) in [6.45, 7) is 4.40. The van der Waals surface area contributed by atoms with Crippen molar-refractivity contribution in [1.82, 2.24) is 15.1 Å². The van der Waals surface area contributed by atoms with E-state index < -0.39 is 6.10 Å². The van der Waals surface area contributed by atoms with Crippen molar-refractivity contribution in [1.29, 1.82) is 0 Å². The van der Waals surface area contributed by atoms with Crippen molar-refractivity contribution in [2.24, 2.45) is 0 Å². The van der Waals surface area contributed by atoms with Gasteiger partial charge in [0.1, 0.15) is 0 Å². The number of nitrogens with zero attached hydrogens (tertiary/aromatic N) is 2. The van der Waals surface area contributed by atoms with Crippen LogP contribution in [0.3, 0.4) is 0 Å². The summed E-state index contributed by atoms with van der Waals surface area (Å²) in [6.07, 6.45) is 3.16. The van der Waals surface area contributed by atoms with Crippen LogP contribution in [0.2, 0.25) is 0 Å². The highest BCUT2D eigenvalue weighted by atomic mass is 16.5. The molecule has 2 atom stereocenters. The van der Waals surface area contributed by atoms with E-state index in [1.165, 1.54) is 0 Å². The second-order valence-corrected chi connectivity index (χ2v) is 5.01. The molecule has 5 nitrogen and oxygen atoms in total. The van der Waals surface area contributed by atoms with E-state index in [9.17, 15) is 5.11 Å². The molecule has 2 rings (SSSR count). The first-order valence-electron chi connectivity index (χ1n) is 7.28. The third-order valence-electron chi connectivity index (χ3n) is 3.26. The Kier molecular flexibility index (Phi) is 6.40. The first kappa shape index (κ1) is 15.7. The van der Waals surface area contributed by atoms with Crippen molar-refractivity contribution in [2.75, 3.05) is 19.7 Å². The average molecular weight is 289 g/mol. The van der Waals surface area contributed by atoms with Gasteiger partial charge in [0.25, 0.3) is 0 Å². The van der Waals surface area contributed by atoms with Crippen LogP contribution in [0.4, 0.5) is 0 Å². The molecule has 2 unspecified atom stereocenters. The van der Waals surface area contributed by atoms with Crippen LogP contribution in [0.15, 0.2) is 48.8 Å². The molecule has 0 aliphatic heterocycles. The van der Waals surface area contributed by atoms with Crippen LogP contribution >= 0.6 is 0 Å². The zero-order valence-electron chi connectivity index (χ0n) is 12.4. The molecular weight excluding hydrogens is 266 g/mol. The van der Waals surface area contributed by atoms with Crippen LogP contribution in [0.5, 0.6) is 0 Å². The van der Waals surface area contributed by atoms with Crippen molar-refractivity contribution in [2.45, 2.75) is 25.7 Å². The van der Waals surface area contributed by atoms with Crippen LogP contribution < -0.4 is 5.32 Å². The van der Waals surface area contributed by atoms with E-state index >= 15 is 0 Å². The lowest BCUT2D eigenvalue weighted by atomic mass is 10.1. The maximum Gasteiger partial charge on any atom is 0.0897 e. The molecule has 0 radical (unpaired) electrons. The zero-order valence-corrected chi connectivity index (χ0v) is 12.4. The summed E-state index contributed by atoms with van der Waals surface area (Å²) < 4.78 is 7.54. The molecule has 0 saturated carbocycles. The van der Waals surface area contributed by atoms with Gasteiger partial charge in [-0.05, 0) is 18.6 Å². The zero-order chi connectivity index (χ0) is 14.9. The molecular formula is C16H23N3O2. The molecule has 0 fully saturated rings. The van der Waals surface area contributed by atoms with Crippen molar-refractivity contribution in [3.8, 4) is 0 Å². The van der Waals surface area contributed by atoms with Gasteiger partial charge in [-0.3, -0.25) is 4.68 Å². The number of ether oxygens (including phenoxy) is 1. The molecule has 0 saturated heterocycles. The molecule has 0 aliphatic rings. The molecule has 1 heterocycles. The van der Waals surface area contributed by atoms with Crippen molar-refractivity contribution in [3.05, 3.63) is 54.4 Å². The fourth-order valence-corrected chi connectivity index (χ4v) is 2.03. The number of hydrogen-bond donors (Lipinski definition) is 2. The second kappa shape index (κ2) is 8.56. The highest BCUT2D eigenvalue weighted by Crippen LogP contribution is 2.15. The molecule has 1 aromatic carbocycles. The normalized spacial score (nSPS) is 14.0. The summed E-state index contributed by atoms with van der Waals surface area (Å²) in [5.74, 6) is 0. The number of aliphatic hydroxyl groups excluding tert-OH is 1. The van der Waals surface area contributed by atoms with Gasteiger partial charge in [-0.15, -0.1) is 0 Å². The van der Waals surface area contributed by atoms with Gasteiger partial charge in [-0.2, -0.15) is 5.10 Å². The van der Waals surface area contributed by atoms with E-state index in [4.69, 9.17) is 4.74 Å². The molecule has 0 spiro atoms. The summed E-state index contributed by atoms with van der Waals surface area (Å²) in [5.41, 5.74) is 1.12. The molecule has 0 bridgehead atoms. The van der Waals surface area contributed by atoms with Crippen LogP contribution in [0.1, 0.15) is 18.6 Å². The number of benzene rings is 1. The Morgan fingerprint density at radius 3 is 2.81 bits per heavy atom. The van der Waals surface area contributed by atoms with Gasteiger partial charge >= 0.3 is 0 Å². The van der Waals surface area contributed by atoms with E-state index in [-0.39, 0.29) is 6.10 Å². The SMILES string of the molecule is CC(OCC(O)CNCCn1cccn1)c1ccccc1. The molecule has 2 N–H and O–H groups in total. The van der Waals surface area contributed by atoms with Gasteiger partial charge in [0.2, 0.25) is 0 Å². The Balaban J connectivity index is 1.58. The third kappa shape index (κ3) is 5.67. The summed E-state index contributed by atoms with van der Waals surface area (Å²) in [6, 6.07) is 11.9. The minimum Gasteiger partial charge on any atom is -0.389 e. The first-order chi connectivity index (χ1) is 10.3. The Morgan fingerprint density at radius 1 is 1.29 bits per heavy atom. The Labute approximate surface area is 125 Å². The summed E-state index contributed by atoms with van der Waals surface area (Å²) in [5, 5.41) is 17.2. The third-order valence-corrected chi connectivity index (χ3v) is 3.26. The predicted octanol–water partition coefficient (Wildman–Crippen LogP) is 1.61. The Bertz CT molecular complexity index is 487. The van der Waals surface area contributed by atoms with Gasteiger partial charge in [-0.25, -0.2) is 0 Å². The fourth-order valence-electron chi connectivity index (χ4n) is 2.03. The van der Waals surface area contributed by atoms with E-state index in [2.05, 4.69) is 10.4 Å². The van der Waals surface area contributed by atoms with E-state index in [1.807, 2.05) is 54.2 Å². The topological polar surface area (TPSA) is 59.3 Å². The van der Waals surface area contributed by atoms with Crippen LogP contribution in [-0.2, 0) is 11.3 Å². The van der Waals surface area contributed by atoms with E-state index in [0.29, 0.717) is 13.2 Å². The summed E-state index contributed by atoms with van der Waals surface area (Å²) in [7, 11) is 0. The van der Waals surface area contributed by atoms with E-state index in [1.54, 1.807) is 6.20 Å². The number of hydrogen-bond acceptors (Lipinski definition) is 4. The minimum atomic E-state index is -0.506. The van der Waals surface area contributed by atoms with Gasteiger partial charge < -0.3 is 15.2 Å². The van der Waals surface area contributed by atoms with Gasteiger partial charge in [-0.1, -0.05) is 30.3 Å². The van der Waals surface area contributed by atoms with E-state index in [0.717, 1.165) is 18.7 Å². The lowest BCUT2D eigenvalue weighted by Crippen LogP contribution is -2.32. The number of rotatable bonds is 9. The first-order valence-corrected chi connectivity index (χ1v) is 7.28. The molecule has 0 amide bonds. The Hall–Kier alpha value is -1.69. The number of aliphatic hydroxyl groups is 1. The van der Waals surface area contributed by atoms with Crippen LogP contribution in [-0.4, -0.2) is 40.7 Å². The van der Waals surface area contributed by atoms with Crippen molar-refractivity contribution >= 4 is 0 Å². The summed E-state index contributed by atoms with van der Waals surface area (Å²) >= 11 is 0. The Morgan fingerprint density at radius 2 is 2.10 bits per heavy atom. The second-order valence-electron chi connectivity index (χ2n) is 5.01. The summed E-state index contributed by atoms with van der Waals surface area (Å²) in [4.78, 5) is 0. The van der Waals surface area contributed by atoms with Crippen molar-refractivity contribution in [3.63, 3.8) is 0 Å². The molecule has 0 aliphatic carbocycles. The molecule has 1 aromatic heterocycles. The standard InChI is InChI=1S/C16H23N3O2/c1-14(15-6-3-2-4-7-15)21-13-16(20)12-17-9-11-19-10-5-8-18-19/h2-8,10,14,16-17,20H,9,11-13H2,1H3. The fraction of sp³-hybridized carbons (Fsp3) is 0.438. The van der Waals surface area contributed by atoms with Crippen LogP contribution in [0, 0.1) is 0 Å². The smallest absolute Gasteiger partial charge is 0.0897 e. The number of nitrogens with one attached hydrogen (secondary N) is 1. The molecule has 21 heavy (non-hydrogen) atoms. The largest absolute Gasteiger partial charge is 0.389 e. The van der Waals surface area contributed by atoms with Gasteiger partial charge in [0.05, 0.1) is 25.4 Å². The van der Waals surface area contributed by atoms with Gasteiger partial charge in [0, 0.05) is 25.5 Å². The van der Waals surface area contributed by atoms with Gasteiger partial charge in [0.15, 0.2) is 0 Å². The lowest BCUT2D eigenvalue weighted by molar-refractivity contribution is -0.00202. The quantitative estimate of drug-likeness (QED) is 0.689. The monoisotopic (exact) mass is 289 g/mol. The number of aromatic nitrogens is 2. The average Bonchev–Trinajstić information content (AvgIpc) is 3.03. The molecule has 5 heteroatoms. The molecule has 114 valence electrons. The molecule has 2 aromatic rings. The van der Waals surface area contributed by atoms with Crippen LogP contribution in [0.25, 0.3) is 0 Å². The predicted molar refractivity (Wildman–Crippen MR) is 81.9 cm³/mol. The van der Waals surface area contributed by atoms with Crippen molar-refractivity contribution < 1.29 is 9.84 Å².